The molecule has 0 spiro atoms. The normalized spacial score (nSPS) is 10.1. The van der Waals surface area contributed by atoms with Crippen LogP contribution >= 0.6 is 0 Å². The predicted octanol–water partition coefficient (Wildman–Crippen LogP) is 0.455. The highest BCUT2D eigenvalue weighted by atomic mass is 16.2. The van der Waals surface area contributed by atoms with Gasteiger partial charge in [0, 0.05) is 24.8 Å². The highest BCUT2D eigenvalue weighted by Crippen LogP contribution is 2.09. The lowest BCUT2D eigenvalue weighted by Gasteiger charge is -2.08. The van der Waals surface area contributed by atoms with Gasteiger partial charge in [-0.15, -0.1) is 0 Å². The maximum absolute atomic E-state index is 12.1. The third-order valence-electron chi connectivity index (χ3n) is 3.54. The Hall–Kier alpha value is -3.14. The Balaban J connectivity index is 2.04. The predicted molar refractivity (Wildman–Crippen MR) is 84.3 cm³/mol. The Kier molecular flexibility index (Phi) is 4.76. The molecule has 0 saturated carbocycles. The molecule has 2 aromatic rings. The van der Waals surface area contributed by atoms with Crippen LogP contribution in [-0.4, -0.2) is 22.0 Å². The fourth-order valence-corrected chi connectivity index (χ4v) is 2.03. The van der Waals surface area contributed by atoms with E-state index < -0.39 is 11.2 Å². The molecule has 2 rings (SSSR count). The van der Waals surface area contributed by atoms with Gasteiger partial charge in [-0.05, 0) is 37.1 Å². The third-order valence-corrected chi connectivity index (χ3v) is 3.54. The Labute approximate surface area is 132 Å². The number of carbonyl (C=O) groups excluding carboxylic acids is 1. The van der Waals surface area contributed by atoms with Crippen LogP contribution in [-0.2, 0) is 6.54 Å². The third kappa shape index (κ3) is 3.74. The van der Waals surface area contributed by atoms with Crippen molar-refractivity contribution in [3.8, 4) is 6.07 Å². The van der Waals surface area contributed by atoms with E-state index in [-0.39, 0.29) is 24.6 Å². The number of nitriles is 1. The fourth-order valence-electron chi connectivity index (χ4n) is 2.03. The minimum atomic E-state index is -0.715. The van der Waals surface area contributed by atoms with Crippen molar-refractivity contribution in [1.82, 2.24) is 14.9 Å². The maximum Gasteiger partial charge on any atom is 0.328 e. The van der Waals surface area contributed by atoms with Gasteiger partial charge in [0.1, 0.15) is 11.6 Å². The van der Waals surface area contributed by atoms with Gasteiger partial charge in [0.2, 0.25) is 0 Å². The van der Waals surface area contributed by atoms with Gasteiger partial charge in [0.05, 0.1) is 0 Å². The second kappa shape index (κ2) is 6.75. The van der Waals surface area contributed by atoms with Gasteiger partial charge in [-0.1, -0.05) is 6.07 Å². The van der Waals surface area contributed by atoms with E-state index in [1.807, 2.05) is 19.9 Å². The molecule has 0 atom stereocenters. The number of aromatic amines is 1. The van der Waals surface area contributed by atoms with Gasteiger partial charge in [0.25, 0.3) is 11.5 Å². The summed E-state index contributed by atoms with van der Waals surface area (Å²) in [6.45, 7) is 4.24. The molecule has 118 valence electrons. The number of H-pyrrole nitrogens is 1. The van der Waals surface area contributed by atoms with Gasteiger partial charge in [-0.25, -0.2) is 4.79 Å². The summed E-state index contributed by atoms with van der Waals surface area (Å²) < 4.78 is 1.18. The molecule has 0 bridgehead atoms. The van der Waals surface area contributed by atoms with Gasteiger partial charge in [-0.2, -0.15) is 5.26 Å². The van der Waals surface area contributed by atoms with Crippen molar-refractivity contribution in [1.29, 1.82) is 5.26 Å². The van der Waals surface area contributed by atoms with Gasteiger partial charge >= 0.3 is 5.69 Å². The van der Waals surface area contributed by atoms with E-state index in [0.29, 0.717) is 5.56 Å². The molecule has 1 amide bonds. The maximum atomic E-state index is 12.1. The SMILES string of the molecule is Cc1ccc(C(=O)NCCn2cc(C#N)c(=O)[nH]c2=O)cc1C. The quantitative estimate of drug-likeness (QED) is 0.854. The van der Waals surface area contributed by atoms with E-state index in [4.69, 9.17) is 5.26 Å². The number of hydrogen-bond acceptors (Lipinski definition) is 4. The summed E-state index contributed by atoms with van der Waals surface area (Å²) in [6.07, 6.45) is 1.18. The number of aromatic nitrogens is 2. The zero-order valence-electron chi connectivity index (χ0n) is 12.8. The second-order valence-corrected chi connectivity index (χ2v) is 5.16. The first-order valence-corrected chi connectivity index (χ1v) is 7.01. The van der Waals surface area contributed by atoms with E-state index >= 15 is 0 Å². The number of nitrogens with one attached hydrogen (secondary N) is 2. The van der Waals surface area contributed by atoms with Crippen molar-refractivity contribution in [3.05, 3.63) is 67.5 Å². The summed E-state index contributed by atoms with van der Waals surface area (Å²) in [7, 11) is 0. The molecule has 7 nitrogen and oxygen atoms in total. The molecule has 23 heavy (non-hydrogen) atoms. The lowest BCUT2D eigenvalue weighted by Crippen LogP contribution is -2.35. The zero-order valence-corrected chi connectivity index (χ0v) is 12.8. The monoisotopic (exact) mass is 312 g/mol. The molecule has 1 aromatic carbocycles. The van der Waals surface area contributed by atoms with E-state index in [1.54, 1.807) is 18.2 Å². The van der Waals surface area contributed by atoms with Crippen molar-refractivity contribution >= 4 is 5.91 Å². The number of benzene rings is 1. The first-order valence-electron chi connectivity index (χ1n) is 7.01. The van der Waals surface area contributed by atoms with Crippen LogP contribution in [0.3, 0.4) is 0 Å². The molecular weight excluding hydrogens is 296 g/mol. The molecular formula is C16H16N4O3. The largest absolute Gasteiger partial charge is 0.350 e. The van der Waals surface area contributed by atoms with Crippen molar-refractivity contribution in [2.75, 3.05) is 6.54 Å². The van der Waals surface area contributed by atoms with Crippen LogP contribution in [0.15, 0.2) is 34.0 Å². The van der Waals surface area contributed by atoms with Crippen molar-refractivity contribution in [2.24, 2.45) is 0 Å². The van der Waals surface area contributed by atoms with E-state index in [2.05, 4.69) is 10.3 Å². The number of amides is 1. The lowest BCUT2D eigenvalue weighted by molar-refractivity contribution is 0.0952. The first-order chi connectivity index (χ1) is 10.9. The van der Waals surface area contributed by atoms with Crippen LogP contribution < -0.4 is 16.6 Å². The van der Waals surface area contributed by atoms with Gasteiger partial charge in [-0.3, -0.25) is 19.1 Å². The van der Waals surface area contributed by atoms with Crippen LogP contribution in [0.5, 0.6) is 0 Å². The van der Waals surface area contributed by atoms with E-state index in [0.717, 1.165) is 11.1 Å². The van der Waals surface area contributed by atoms with E-state index in [1.165, 1.54) is 10.8 Å². The molecule has 7 heteroatoms. The standard InChI is InChI=1S/C16H16N4O3/c1-10-3-4-12(7-11(10)2)14(21)18-5-6-20-9-13(8-17)15(22)19-16(20)23/h3-4,7,9H,5-6H2,1-2H3,(H,18,21)(H,19,22,23). The van der Waals surface area contributed by atoms with Crippen molar-refractivity contribution in [2.45, 2.75) is 20.4 Å². The van der Waals surface area contributed by atoms with Crippen LogP contribution in [0.2, 0.25) is 0 Å². The minimum Gasteiger partial charge on any atom is -0.350 e. The topological polar surface area (TPSA) is 108 Å². The number of hydrogen-bond donors (Lipinski definition) is 2. The Morgan fingerprint density at radius 1 is 1.30 bits per heavy atom. The molecule has 0 unspecified atom stereocenters. The van der Waals surface area contributed by atoms with Crippen LogP contribution in [0.25, 0.3) is 0 Å². The molecule has 0 aliphatic rings. The molecule has 1 aromatic heterocycles. The summed E-state index contributed by atoms with van der Waals surface area (Å²) >= 11 is 0. The second-order valence-electron chi connectivity index (χ2n) is 5.16. The average molecular weight is 312 g/mol. The highest BCUT2D eigenvalue weighted by molar-refractivity contribution is 5.94. The van der Waals surface area contributed by atoms with Crippen LogP contribution in [0.4, 0.5) is 0 Å². The molecule has 1 heterocycles. The summed E-state index contributed by atoms with van der Waals surface area (Å²) in [5.41, 5.74) is 1.19. The zero-order chi connectivity index (χ0) is 17.0. The number of carbonyl (C=O) groups is 1. The number of rotatable bonds is 4. The van der Waals surface area contributed by atoms with Gasteiger partial charge in [0.15, 0.2) is 0 Å². The molecule has 0 radical (unpaired) electrons. The number of nitrogens with zero attached hydrogens (tertiary/aromatic N) is 2. The average Bonchev–Trinajstić information content (AvgIpc) is 2.52. The summed E-state index contributed by atoms with van der Waals surface area (Å²) in [5, 5.41) is 11.5. The lowest BCUT2D eigenvalue weighted by atomic mass is 10.1. The number of aryl methyl sites for hydroxylation is 2. The minimum absolute atomic E-state index is 0.148. The smallest absolute Gasteiger partial charge is 0.328 e. The van der Waals surface area contributed by atoms with Crippen molar-refractivity contribution < 1.29 is 4.79 Å². The van der Waals surface area contributed by atoms with Crippen LogP contribution in [0.1, 0.15) is 27.0 Å². The molecule has 0 fully saturated rings. The van der Waals surface area contributed by atoms with Crippen molar-refractivity contribution in [3.63, 3.8) is 0 Å². The van der Waals surface area contributed by atoms with Gasteiger partial charge < -0.3 is 5.32 Å². The summed E-state index contributed by atoms with van der Waals surface area (Å²) in [6, 6.07) is 7.11. The summed E-state index contributed by atoms with van der Waals surface area (Å²) in [4.78, 5) is 37.0. The Morgan fingerprint density at radius 2 is 2.04 bits per heavy atom. The molecule has 0 aliphatic heterocycles. The molecule has 0 aliphatic carbocycles. The van der Waals surface area contributed by atoms with E-state index in [9.17, 15) is 14.4 Å². The molecule has 2 N–H and O–H groups in total. The molecule has 0 saturated heterocycles. The van der Waals surface area contributed by atoms with Crippen LogP contribution in [0, 0.1) is 25.2 Å². The highest BCUT2D eigenvalue weighted by Gasteiger charge is 2.07. The Morgan fingerprint density at radius 3 is 2.70 bits per heavy atom. The Bertz CT molecular complexity index is 903. The fraction of sp³-hybridized carbons (Fsp3) is 0.250. The first kappa shape index (κ1) is 16.2. The summed E-state index contributed by atoms with van der Waals surface area (Å²) in [5.74, 6) is -0.244.